The van der Waals surface area contributed by atoms with Crippen molar-refractivity contribution in [1.82, 2.24) is 5.32 Å². The molecule has 3 heterocycles. The first-order chi connectivity index (χ1) is 9.10. The summed E-state index contributed by atoms with van der Waals surface area (Å²) in [5.41, 5.74) is 2.27. The third kappa shape index (κ3) is 1.48. The van der Waals surface area contributed by atoms with Gasteiger partial charge in [0.05, 0.1) is 0 Å². The fourth-order valence-corrected chi connectivity index (χ4v) is 5.59. The van der Waals surface area contributed by atoms with Gasteiger partial charge in [0, 0.05) is 16.9 Å². The largest absolute Gasteiger partial charge is 0.353 e. The second kappa shape index (κ2) is 3.79. The molecule has 1 aromatic rings. The van der Waals surface area contributed by atoms with Gasteiger partial charge in [-0.2, -0.15) is 0 Å². The number of anilines is 1. The highest BCUT2D eigenvalue weighted by molar-refractivity contribution is 7.80. The molecule has 0 aromatic carbocycles. The van der Waals surface area contributed by atoms with Gasteiger partial charge >= 0.3 is 0 Å². The second-order valence-electron chi connectivity index (χ2n) is 5.85. The van der Waals surface area contributed by atoms with Crippen molar-refractivity contribution in [2.24, 2.45) is 0 Å². The molecule has 1 atom stereocenters. The maximum atomic E-state index is 12.2. The highest BCUT2D eigenvalue weighted by Crippen LogP contribution is 2.47. The van der Waals surface area contributed by atoms with Crippen molar-refractivity contribution in [3.8, 4) is 0 Å². The van der Waals surface area contributed by atoms with E-state index in [9.17, 15) is 4.79 Å². The molecular formula is C14H16N2OS2. The maximum absolute atomic E-state index is 12.2. The van der Waals surface area contributed by atoms with E-state index < -0.39 is 0 Å². The SMILES string of the molecule is CC12CCC(=O)N1c1sc3c(c1C(=S)N2)CCCC3. The van der Waals surface area contributed by atoms with Gasteiger partial charge in [-0.3, -0.25) is 9.69 Å². The summed E-state index contributed by atoms with van der Waals surface area (Å²) >= 11 is 7.39. The first-order valence-corrected chi connectivity index (χ1v) is 8.13. The monoisotopic (exact) mass is 292 g/mol. The summed E-state index contributed by atoms with van der Waals surface area (Å²) in [6.07, 6.45) is 6.22. The van der Waals surface area contributed by atoms with E-state index in [0.717, 1.165) is 34.8 Å². The highest BCUT2D eigenvalue weighted by Gasteiger charge is 2.49. The number of nitrogens with one attached hydrogen (secondary N) is 1. The predicted octanol–water partition coefficient (Wildman–Crippen LogP) is 2.75. The van der Waals surface area contributed by atoms with Gasteiger partial charge in [-0.15, -0.1) is 11.3 Å². The minimum atomic E-state index is -0.297. The van der Waals surface area contributed by atoms with Crippen LogP contribution in [0.3, 0.4) is 0 Å². The second-order valence-corrected chi connectivity index (χ2v) is 7.34. The van der Waals surface area contributed by atoms with Crippen LogP contribution in [0.2, 0.25) is 0 Å². The molecule has 0 radical (unpaired) electrons. The zero-order chi connectivity index (χ0) is 13.2. The molecule has 1 amide bonds. The molecule has 1 fully saturated rings. The van der Waals surface area contributed by atoms with E-state index in [1.54, 1.807) is 11.3 Å². The Labute approximate surface area is 122 Å². The van der Waals surface area contributed by atoms with Crippen molar-refractivity contribution in [3.63, 3.8) is 0 Å². The van der Waals surface area contributed by atoms with Crippen LogP contribution in [0, 0.1) is 0 Å². The summed E-state index contributed by atoms with van der Waals surface area (Å²) in [4.78, 5) is 16.5. The van der Waals surface area contributed by atoms with Crippen LogP contribution in [0.4, 0.5) is 5.00 Å². The molecule has 2 aliphatic heterocycles. The average molecular weight is 292 g/mol. The average Bonchev–Trinajstić information content (AvgIpc) is 2.87. The van der Waals surface area contributed by atoms with Crippen LogP contribution in [0.15, 0.2) is 0 Å². The van der Waals surface area contributed by atoms with Crippen LogP contribution in [-0.4, -0.2) is 16.6 Å². The minimum Gasteiger partial charge on any atom is -0.353 e. The summed E-state index contributed by atoms with van der Waals surface area (Å²) in [5, 5.41) is 4.53. The van der Waals surface area contributed by atoms with Crippen LogP contribution in [0.25, 0.3) is 0 Å². The fraction of sp³-hybridized carbons (Fsp3) is 0.571. The Morgan fingerprint density at radius 1 is 1.32 bits per heavy atom. The molecule has 0 spiro atoms. The van der Waals surface area contributed by atoms with E-state index >= 15 is 0 Å². The van der Waals surface area contributed by atoms with Crippen molar-refractivity contribution >= 4 is 39.5 Å². The number of fused-ring (bicyclic) bond motifs is 5. The lowest BCUT2D eigenvalue weighted by Gasteiger charge is -2.40. The number of amides is 1. The van der Waals surface area contributed by atoms with Crippen LogP contribution in [0.5, 0.6) is 0 Å². The first-order valence-electron chi connectivity index (χ1n) is 6.90. The standard InChI is InChI=1S/C14H16N2OS2/c1-14-7-6-10(17)16(14)13-11(12(18)15-14)8-4-2-3-5-9(8)19-13/h2-7H2,1H3,(H,15,18). The summed E-state index contributed by atoms with van der Waals surface area (Å²) < 4.78 is 0. The number of carbonyl (C=O) groups is 1. The van der Waals surface area contributed by atoms with Crippen molar-refractivity contribution in [2.45, 2.75) is 51.1 Å². The molecule has 0 saturated carbocycles. The number of hydrogen-bond donors (Lipinski definition) is 1. The summed E-state index contributed by atoms with van der Waals surface area (Å²) in [5.74, 6) is 0.234. The quantitative estimate of drug-likeness (QED) is 0.746. The van der Waals surface area contributed by atoms with Gasteiger partial charge < -0.3 is 5.32 Å². The molecule has 0 bridgehead atoms. The molecule has 1 aliphatic carbocycles. The van der Waals surface area contributed by atoms with Gasteiger partial charge in [-0.05, 0) is 44.6 Å². The number of nitrogens with zero attached hydrogens (tertiary/aromatic N) is 1. The minimum absolute atomic E-state index is 0.234. The van der Waals surface area contributed by atoms with Crippen LogP contribution < -0.4 is 10.2 Å². The van der Waals surface area contributed by atoms with E-state index in [-0.39, 0.29) is 11.6 Å². The number of hydrogen-bond acceptors (Lipinski definition) is 3. The zero-order valence-corrected chi connectivity index (χ0v) is 12.5. The zero-order valence-electron chi connectivity index (χ0n) is 10.9. The van der Waals surface area contributed by atoms with Gasteiger partial charge in [0.25, 0.3) is 0 Å². The Kier molecular flexibility index (Phi) is 2.37. The van der Waals surface area contributed by atoms with Crippen molar-refractivity contribution in [2.75, 3.05) is 4.90 Å². The number of aryl methyl sites for hydroxylation is 1. The van der Waals surface area contributed by atoms with Gasteiger partial charge in [-0.25, -0.2) is 0 Å². The molecule has 1 aromatic heterocycles. The van der Waals surface area contributed by atoms with Crippen molar-refractivity contribution in [3.05, 3.63) is 16.0 Å². The topological polar surface area (TPSA) is 32.3 Å². The van der Waals surface area contributed by atoms with E-state index in [1.807, 2.05) is 4.90 Å². The van der Waals surface area contributed by atoms with Gasteiger partial charge in [0.15, 0.2) is 0 Å². The summed E-state index contributed by atoms with van der Waals surface area (Å²) in [6, 6.07) is 0. The van der Waals surface area contributed by atoms with E-state index in [0.29, 0.717) is 6.42 Å². The molecule has 1 N–H and O–H groups in total. The lowest BCUT2D eigenvalue weighted by Crippen LogP contribution is -2.59. The third-order valence-corrected chi connectivity index (χ3v) is 6.12. The number of carbonyl (C=O) groups excluding carboxylic acids is 1. The lowest BCUT2D eigenvalue weighted by atomic mass is 9.94. The number of thiocarbonyl (C=S) groups is 1. The Morgan fingerprint density at radius 2 is 2.11 bits per heavy atom. The fourth-order valence-electron chi connectivity index (χ4n) is 3.56. The molecule has 3 aliphatic rings. The number of rotatable bonds is 0. The predicted molar refractivity (Wildman–Crippen MR) is 80.9 cm³/mol. The Bertz CT molecular complexity index is 607. The van der Waals surface area contributed by atoms with E-state index in [4.69, 9.17) is 12.2 Å². The Balaban J connectivity index is 1.94. The molecule has 5 heteroatoms. The van der Waals surface area contributed by atoms with Crippen LogP contribution >= 0.6 is 23.6 Å². The van der Waals surface area contributed by atoms with E-state index in [2.05, 4.69) is 12.2 Å². The first kappa shape index (κ1) is 11.9. The summed E-state index contributed by atoms with van der Waals surface area (Å²) in [6.45, 7) is 2.09. The molecule has 1 saturated heterocycles. The number of thiophene rings is 1. The van der Waals surface area contributed by atoms with Gasteiger partial charge in [0.1, 0.15) is 15.7 Å². The van der Waals surface area contributed by atoms with Gasteiger partial charge in [0.2, 0.25) is 5.91 Å². The Morgan fingerprint density at radius 3 is 2.95 bits per heavy atom. The van der Waals surface area contributed by atoms with Crippen LogP contribution in [-0.2, 0) is 17.6 Å². The van der Waals surface area contributed by atoms with Gasteiger partial charge in [-0.1, -0.05) is 12.2 Å². The summed E-state index contributed by atoms with van der Waals surface area (Å²) in [7, 11) is 0. The highest BCUT2D eigenvalue weighted by atomic mass is 32.1. The molecule has 1 unspecified atom stereocenters. The molecule has 4 rings (SSSR count). The van der Waals surface area contributed by atoms with Crippen molar-refractivity contribution < 1.29 is 4.79 Å². The molecular weight excluding hydrogens is 276 g/mol. The molecule has 19 heavy (non-hydrogen) atoms. The maximum Gasteiger partial charge on any atom is 0.229 e. The molecule has 100 valence electrons. The van der Waals surface area contributed by atoms with E-state index in [1.165, 1.54) is 23.3 Å². The third-order valence-electron chi connectivity index (χ3n) is 4.53. The smallest absolute Gasteiger partial charge is 0.229 e. The van der Waals surface area contributed by atoms with Crippen molar-refractivity contribution in [1.29, 1.82) is 0 Å². The normalized spacial score (nSPS) is 28.8. The molecule has 3 nitrogen and oxygen atoms in total. The lowest BCUT2D eigenvalue weighted by molar-refractivity contribution is -0.117. The Hall–Kier alpha value is -0.940. The van der Waals surface area contributed by atoms with Crippen LogP contribution in [0.1, 0.15) is 48.6 Å².